The van der Waals surface area contributed by atoms with E-state index in [9.17, 15) is 14.4 Å². The van der Waals surface area contributed by atoms with Crippen molar-refractivity contribution in [1.29, 1.82) is 0 Å². The van der Waals surface area contributed by atoms with Gasteiger partial charge in [-0.15, -0.1) is 0 Å². The molecule has 1 aliphatic rings. The van der Waals surface area contributed by atoms with Crippen LogP contribution in [0.3, 0.4) is 0 Å². The normalized spacial score (nSPS) is 15.7. The minimum atomic E-state index is -0.295. The summed E-state index contributed by atoms with van der Waals surface area (Å²) in [4.78, 5) is 38.4. The van der Waals surface area contributed by atoms with Crippen LogP contribution in [-0.2, 0) is 11.3 Å². The standard InChI is InChI=1S/C25H26N4O4/c1-17(30)27-21-11-9-19(10-12-21)25(32)29-13-5-8-20(16-29)23-14-22(28-33-23)24(31)26-15-18-6-3-2-4-7-18/h2-4,6-7,9-12,14,20H,5,8,13,15-16H2,1H3,(H,26,31)(H,27,30). The molecule has 0 aliphatic carbocycles. The van der Waals surface area contributed by atoms with Crippen molar-refractivity contribution in [3.8, 4) is 0 Å². The van der Waals surface area contributed by atoms with Gasteiger partial charge in [-0.1, -0.05) is 35.5 Å². The molecule has 3 amide bonds. The molecule has 2 N–H and O–H groups in total. The zero-order valence-electron chi connectivity index (χ0n) is 18.4. The average Bonchev–Trinajstić information content (AvgIpc) is 3.34. The van der Waals surface area contributed by atoms with Gasteiger partial charge in [-0.2, -0.15) is 0 Å². The Balaban J connectivity index is 1.36. The fourth-order valence-corrected chi connectivity index (χ4v) is 3.93. The molecular formula is C25H26N4O4. The molecule has 2 heterocycles. The number of piperidine rings is 1. The number of hydrogen-bond donors (Lipinski definition) is 2. The number of nitrogens with zero attached hydrogens (tertiary/aromatic N) is 2. The van der Waals surface area contributed by atoms with Gasteiger partial charge in [0, 0.05) is 49.8 Å². The quantitative estimate of drug-likeness (QED) is 0.602. The lowest BCUT2D eigenvalue weighted by atomic mass is 9.94. The fourth-order valence-electron chi connectivity index (χ4n) is 3.93. The van der Waals surface area contributed by atoms with E-state index in [0.717, 1.165) is 18.4 Å². The van der Waals surface area contributed by atoms with Crippen LogP contribution in [0.25, 0.3) is 0 Å². The topological polar surface area (TPSA) is 105 Å². The first-order chi connectivity index (χ1) is 16.0. The molecule has 1 fully saturated rings. The van der Waals surface area contributed by atoms with Crippen LogP contribution in [0.2, 0.25) is 0 Å². The molecule has 0 bridgehead atoms. The van der Waals surface area contributed by atoms with E-state index < -0.39 is 0 Å². The third kappa shape index (κ3) is 5.65. The first-order valence-corrected chi connectivity index (χ1v) is 11.0. The van der Waals surface area contributed by atoms with Crippen LogP contribution in [0, 0.1) is 0 Å². The Bertz CT molecular complexity index is 1120. The summed E-state index contributed by atoms with van der Waals surface area (Å²) in [6.45, 7) is 3.00. The second-order valence-corrected chi connectivity index (χ2v) is 8.13. The third-order valence-corrected chi connectivity index (χ3v) is 5.62. The van der Waals surface area contributed by atoms with Crippen LogP contribution in [0.5, 0.6) is 0 Å². The number of carbonyl (C=O) groups is 3. The molecule has 0 saturated carbocycles. The van der Waals surface area contributed by atoms with Gasteiger partial charge in [-0.05, 0) is 42.7 Å². The van der Waals surface area contributed by atoms with E-state index in [-0.39, 0.29) is 29.3 Å². The number of nitrogens with one attached hydrogen (secondary N) is 2. The molecular weight excluding hydrogens is 420 g/mol. The summed E-state index contributed by atoms with van der Waals surface area (Å²) in [5.74, 6) is 0.0577. The molecule has 1 aliphatic heterocycles. The second-order valence-electron chi connectivity index (χ2n) is 8.13. The van der Waals surface area contributed by atoms with Gasteiger partial charge >= 0.3 is 0 Å². The number of rotatable bonds is 6. The third-order valence-electron chi connectivity index (χ3n) is 5.62. The predicted octanol–water partition coefficient (Wildman–Crippen LogP) is 3.58. The first-order valence-electron chi connectivity index (χ1n) is 11.0. The van der Waals surface area contributed by atoms with E-state index in [0.29, 0.717) is 36.6 Å². The maximum atomic E-state index is 13.0. The number of hydrogen-bond acceptors (Lipinski definition) is 5. The summed E-state index contributed by atoms with van der Waals surface area (Å²) in [5.41, 5.74) is 2.44. The number of anilines is 1. The zero-order chi connectivity index (χ0) is 23.2. The Morgan fingerprint density at radius 3 is 2.58 bits per heavy atom. The van der Waals surface area contributed by atoms with Crippen LogP contribution in [0.1, 0.15) is 57.9 Å². The summed E-state index contributed by atoms with van der Waals surface area (Å²) in [6, 6.07) is 18.2. The molecule has 1 aromatic heterocycles. The highest BCUT2D eigenvalue weighted by atomic mass is 16.5. The van der Waals surface area contributed by atoms with E-state index in [1.54, 1.807) is 35.2 Å². The van der Waals surface area contributed by atoms with E-state index in [4.69, 9.17) is 4.52 Å². The van der Waals surface area contributed by atoms with Crippen molar-refractivity contribution in [2.45, 2.75) is 32.2 Å². The molecule has 1 saturated heterocycles. The molecule has 170 valence electrons. The number of carbonyl (C=O) groups excluding carboxylic acids is 3. The Morgan fingerprint density at radius 2 is 1.85 bits per heavy atom. The highest BCUT2D eigenvalue weighted by Crippen LogP contribution is 2.28. The number of benzene rings is 2. The Labute approximate surface area is 191 Å². The summed E-state index contributed by atoms with van der Waals surface area (Å²) >= 11 is 0. The lowest BCUT2D eigenvalue weighted by molar-refractivity contribution is -0.114. The Morgan fingerprint density at radius 1 is 1.09 bits per heavy atom. The maximum Gasteiger partial charge on any atom is 0.273 e. The van der Waals surface area contributed by atoms with Crippen molar-refractivity contribution >= 4 is 23.4 Å². The van der Waals surface area contributed by atoms with Crippen molar-refractivity contribution < 1.29 is 18.9 Å². The van der Waals surface area contributed by atoms with E-state index in [1.807, 2.05) is 30.3 Å². The molecule has 8 heteroatoms. The molecule has 1 unspecified atom stereocenters. The molecule has 3 aromatic rings. The highest BCUT2D eigenvalue weighted by Gasteiger charge is 2.28. The van der Waals surface area contributed by atoms with Crippen LogP contribution in [0.4, 0.5) is 5.69 Å². The second kappa shape index (κ2) is 10.1. The summed E-state index contributed by atoms with van der Waals surface area (Å²) < 4.78 is 5.47. The maximum absolute atomic E-state index is 13.0. The molecule has 0 spiro atoms. The van der Waals surface area contributed by atoms with E-state index in [1.165, 1.54) is 6.92 Å². The van der Waals surface area contributed by atoms with E-state index >= 15 is 0 Å². The van der Waals surface area contributed by atoms with Crippen LogP contribution in [-0.4, -0.2) is 40.9 Å². The van der Waals surface area contributed by atoms with Crippen LogP contribution in [0.15, 0.2) is 65.2 Å². The van der Waals surface area contributed by atoms with Gasteiger partial charge in [0.15, 0.2) is 5.69 Å². The fraction of sp³-hybridized carbons (Fsp3) is 0.280. The SMILES string of the molecule is CC(=O)Nc1ccc(C(=O)N2CCCC(c3cc(C(=O)NCc4ccccc4)no3)C2)cc1. The van der Waals surface area contributed by atoms with Gasteiger partial charge in [0.2, 0.25) is 5.91 Å². The van der Waals surface area contributed by atoms with Gasteiger partial charge in [-0.25, -0.2) is 0 Å². The summed E-state index contributed by atoms with van der Waals surface area (Å²) in [7, 11) is 0. The van der Waals surface area contributed by atoms with Crippen molar-refractivity contribution in [3.63, 3.8) is 0 Å². The average molecular weight is 447 g/mol. The van der Waals surface area contributed by atoms with Crippen molar-refractivity contribution in [3.05, 3.63) is 83.2 Å². The van der Waals surface area contributed by atoms with Gasteiger partial charge < -0.3 is 20.1 Å². The van der Waals surface area contributed by atoms with Gasteiger partial charge in [0.1, 0.15) is 5.76 Å². The zero-order valence-corrected chi connectivity index (χ0v) is 18.4. The van der Waals surface area contributed by atoms with Gasteiger partial charge in [0.25, 0.3) is 11.8 Å². The monoisotopic (exact) mass is 446 g/mol. The molecule has 4 rings (SSSR count). The van der Waals surface area contributed by atoms with Gasteiger partial charge in [-0.3, -0.25) is 14.4 Å². The van der Waals surface area contributed by atoms with Crippen LogP contribution >= 0.6 is 0 Å². The molecule has 0 radical (unpaired) electrons. The molecule has 1 atom stereocenters. The molecule has 8 nitrogen and oxygen atoms in total. The lowest BCUT2D eigenvalue weighted by Gasteiger charge is -2.31. The number of amides is 3. The van der Waals surface area contributed by atoms with Crippen molar-refractivity contribution in [2.24, 2.45) is 0 Å². The van der Waals surface area contributed by atoms with E-state index in [2.05, 4.69) is 15.8 Å². The largest absolute Gasteiger partial charge is 0.360 e. The van der Waals surface area contributed by atoms with Crippen molar-refractivity contribution in [1.82, 2.24) is 15.4 Å². The number of aromatic nitrogens is 1. The first kappa shape index (κ1) is 22.3. The smallest absolute Gasteiger partial charge is 0.273 e. The number of likely N-dealkylation sites (tertiary alicyclic amines) is 1. The predicted molar refractivity (Wildman–Crippen MR) is 123 cm³/mol. The minimum Gasteiger partial charge on any atom is -0.360 e. The van der Waals surface area contributed by atoms with Gasteiger partial charge in [0.05, 0.1) is 0 Å². The molecule has 33 heavy (non-hydrogen) atoms. The minimum absolute atomic E-state index is 0.0236. The molecule has 2 aromatic carbocycles. The highest BCUT2D eigenvalue weighted by molar-refractivity contribution is 5.95. The lowest BCUT2D eigenvalue weighted by Crippen LogP contribution is -2.39. The van der Waals surface area contributed by atoms with Crippen molar-refractivity contribution in [2.75, 3.05) is 18.4 Å². The summed E-state index contributed by atoms with van der Waals surface area (Å²) in [6.07, 6.45) is 1.68. The Hall–Kier alpha value is -3.94. The summed E-state index contributed by atoms with van der Waals surface area (Å²) in [5, 5.41) is 9.48. The van der Waals surface area contributed by atoms with Crippen LogP contribution < -0.4 is 10.6 Å². The Kier molecular flexibility index (Phi) is 6.83.